The van der Waals surface area contributed by atoms with E-state index in [1.807, 2.05) is 0 Å². The SMILES string of the molecule is O=C1N[C@H](CO)CN2CC[C@@H](c3c(O)ccc(Cl)c3Cl)C[C@@H]12. The second kappa shape index (κ2) is 6.24. The van der Waals surface area contributed by atoms with Gasteiger partial charge in [-0.2, -0.15) is 0 Å². The van der Waals surface area contributed by atoms with Gasteiger partial charge in [-0.15, -0.1) is 0 Å². The number of carbonyl (C=O) groups is 1. The minimum absolute atomic E-state index is 0.0103. The highest BCUT2D eigenvalue weighted by atomic mass is 35.5. The van der Waals surface area contributed by atoms with Crippen LogP contribution in [0.25, 0.3) is 0 Å². The first-order valence-electron chi connectivity index (χ1n) is 7.33. The molecule has 1 aromatic carbocycles. The van der Waals surface area contributed by atoms with Crippen LogP contribution < -0.4 is 5.32 Å². The van der Waals surface area contributed by atoms with Gasteiger partial charge in [0.25, 0.3) is 0 Å². The maximum atomic E-state index is 12.2. The minimum Gasteiger partial charge on any atom is -0.508 e. The lowest BCUT2D eigenvalue weighted by molar-refractivity contribution is -0.133. The summed E-state index contributed by atoms with van der Waals surface area (Å²) in [4.78, 5) is 14.3. The Morgan fingerprint density at radius 2 is 2.14 bits per heavy atom. The summed E-state index contributed by atoms with van der Waals surface area (Å²) in [5.74, 6) is 0.0359. The Morgan fingerprint density at radius 3 is 2.86 bits per heavy atom. The van der Waals surface area contributed by atoms with Gasteiger partial charge in [0.2, 0.25) is 5.91 Å². The minimum atomic E-state index is -0.254. The summed E-state index contributed by atoms with van der Waals surface area (Å²) in [6.07, 6.45) is 1.37. The number of aromatic hydroxyl groups is 1. The number of hydrogen-bond acceptors (Lipinski definition) is 4. The van der Waals surface area contributed by atoms with E-state index in [0.29, 0.717) is 28.6 Å². The third-order valence-corrected chi connectivity index (χ3v) is 5.37. The molecule has 3 N–H and O–H groups in total. The van der Waals surface area contributed by atoms with Crippen molar-refractivity contribution in [1.82, 2.24) is 10.2 Å². The molecule has 0 spiro atoms. The van der Waals surface area contributed by atoms with E-state index in [-0.39, 0.29) is 36.3 Å². The highest BCUT2D eigenvalue weighted by molar-refractivity contribution is 6.42. The van der Waals surface area contributed by atoms with E-state index in [1.165, 1.54) is 0 Å². The van der Waals surface area contributed by atoms with E-state index in [9.17, 15) is 15.0 Å². The fourth-order valence-corrected chi connectivity index (χ4v) is 3.92. The number of hydrogen-bond donors (Lipinski definition) is 3. The monoisotopic (exact) mass is 344 g/mol. The van der Waals surface area contributed by atoms with Crippen molar-refractivity contribution in [2.75, 3.05) is 19.7 Å². The average Bonchev–Trinajstić information content (AvgIpc) is 2.51. The number of carbonyl (C=O) groups excluding carboxylic acids is 1. The first kappa shape index (κ1) is 15.9. The third kappa shape index (κ3) is 2.78. The molecule has 7 heteroatoms. The van der Waals surface area contributed by atoms with Gasteiger partial charge in [0.05, 0.1) is 28.7 Å². The van der Waals surface area contributed by atoms with Gasteiger partial charge < -0.3 is 15.5 Å². The van der Waals surface area contributed by atoms with E-state index in [0.717, 1.165) is 13.0 Å². The zero-order chi connectivity index (χ0) is 15.9. The summed E-state index contributed by atoms with van der Waals surface area (Å²) in [6.45, 7) is 1.32. The Morgan fingerprint density at radius 1 is 1.36 bits per heavy atom. The lowest BCUT2D eigenvalue weighted by Crippen LogP contribution is -2.62. The molecule has 2 aliphatic rings. The quantitative estimate of drug-likeness (QED) is 0.764. The van der Waals surface area contributed by atoms with Crippen molar-refractivity contribution in [3.8, 4) is 5.75 Å². The van der Waals surface area contributed by atoms with E-state index >= 15 is 0 Å². The Balaban J connectivity index is 1.83. The van der Waals surface area contributed by atoms with Crippen LogP contribution in [-0.2, 0) is 4.79 Å². The number of piperidine rings is 1. The fourth-order valence-electron chi connectivity index (χ4n) is 3.44. The highest BCUT2D eigenvalue weighted by Gasteiger charge is 2.40. The van der Waals surface area contributed by atoms with E-state index in [1.54, 1.807) is 12.1 Å². The van der Waals surface area contributed by atoms with Crippen LogP contribution in [0.5, 0.6) is 5.75 Å². The Hall–Kier alpha value is -1.01. The molecular formula is C15H18Cl2N2O3. The zero-order valence-corrected chi connectivity index (χ0v) is 13.4. The van der Waals surface area contributed by atoms with Crippen molar-refractivity contribution in [2.45, 2.75) is 30.8 Å². The van der Waals surface area contributed by atoms with Crippen molar-refractivity contribution < 1.29 is 15.0 Å². The summed E-state index contributed by atoms with van der Waals surface area (Å²) < 4.78 is 0. The predicted octanol–water partition coefficient (Wildman–Crippen LogP) is 1.74. The average molecular weight is 345 g/mol. The van der Waals surface area contributed by atoms with Crippen molar-refractivity contribution in [3.63, 3.8) is 0 Å². The van der Waals surface area contributed by atoms with E-state index < -0.39 is 0 Å². The molecule has 2 heterocycles. The molecule has 0 saturated carbocycles. The second-order valence-corrected chi connectivity index (χ2v) is 6.70. The number of nitrogens with zero attached hydrogens (tertiary/aromatic N) is 1. The largest absolute Gasteiger partial charge is 0.508 e. The van der Waals surface area contributed by atoms with Gasteiger partial charge in [0.1, 0.15) is 5.75 Å². The van der Waals surface area contributed by atoms with Crippen LogP contribution in [0.15, 0.2) is 12.1 Å². The van der Waals surface area contributed by atoms with Gasteiger partial charge in [-0.25, -0.2) is 0 Å². The summed E-state index contributed by atoms with van der Waals surface area (Å²) >= 11 is 12.3. The predicted molar refractivity (Wildman–Crippen MR) is 84.5 cm³/mol. The molecule has 2 aliphatic heterocycles. The maximum absolute atomic E-state index is 12.2. The molecule has 0 bridgehead atoms. The highest BCUT2D eigenvalue weighted by Crippen LogP contribution is 2.43. The van der Waals surface area contributed by atoms with E-state index in [2.05, 4.69) is 10.2 Å². The molecule has 0 aliphatic carbocycles. The van der Waals surface area contributed by atoms with Crippen LogP contribution >= 0.6 is 23.2 Å². The van der Waals surface area contributed by atoms with Gasteiger partial charge in [-0.1, -0.05) is 23.2 Å². The lowest BCUT2D eigenvalue weighted by Gasteiger charge is -2.44. The summed E-state index contributed by atoms with van der Waals surface area (Å²) in [6, 6.07) is 2.65. The molecule has 120 valence electrons. The smallest absolute Gasteiger partial charge is 0.237 e. The van der Waals surface area contributed by atoms with Gasteiger partial charge >= 0.3 is 0 Å². The zero-order valence-electron chi connectivity index (χ0n) is 11.9. The second-order valence-electron chi connectivity index (χ2n) is 5.91. The molecule has 0 unspecified atom stereocenters. The number of benzene rings is 1. The molecule has 3 atom stereocenters. The van der Waals surface area contributed by atoms with Crippen molar-refractivity contribution >= 4 is 29.1 Å². The molecule has 1 amide bonds. The van der Waals surface area contributed by atoms with Gasteiger partial charge in [0.15, 0.2) is 0 Å². The van der Waals surface area contributed by atoms with Crippen LogP contribution in [0.1, 0.15) is 24.3 Å². The van der Waals surface area contributed by atoms with Crippen LogP contribution in [0.2, 0.25) is 10.0 Å². The van der Waals surface area contributed by atoms with Crippen LogP contribution in [0.4, 0.5) is 0 Å². The van der Waals surface area contributed by atoms with Crippen LogP contribution in [-0.4, -0.2) is 52.8 Å². The molecule has 0 aromatic heterocycles. The number of amides is 1. The molecule has 2 saturated heterocycles. The Labute approximate surface area is 138 Å². The fraction of sp³-hybridized carbons (Fsp3) is 0.533. The van der Waals surface area contributed by atoms with Crippen molar-refractivity contribution in [3.05, 3.63) is 27.7 Å². The Bertz CT molecular complexity index is 596. The first-order chi connectivity index (χ1) is 10.5. The van der Waals surface area contributed by atoms with Gasteiger partial charge in [-0.05, 0) is 37.4 Å². The number of halogens is 2. The molecule has 1 aromatic rings. The molecule has 22 heavy (non-hydrogen) atoms. The van der Waals surface area contributed by atoms with Crippen molar-refractivity contribution in [1.29, 1.82) is 0 Å². The maximum Gasteiger partial charge on any atom is 0.237 e. The van der Waals surface area contributed by atoms with Crippen molar-refractivity contribution in [2.24, 2.45) is 0 Å². The molecular weight excluding hydrogens is 327 g/mol. The number of fused-ring (bicyclic) bond motifs is 1. The number of piperazine rings is 1. The number of aliphatic hydroxyl groups is 1. The standard InChI is InChI=1S/C15H18Cl2N2O3/c16-10-1-2-12(21)13(14(10)17)8-3-4-19-6-9(7-20)18-15(22)11(19)5-8/h1-2,8-9,11,20-21H,3-7H2,(H,18,22)/t8-,9+,11+/m1/s1. The van der Waals surface area contributed by atoms with E-state index in [4.69, 9.17) is 23.2 Å². The van der Waals surface area contributed by atoms with Crippen LogP contribution in [0, 0.1) is 0 Å². The molecule has 3 rings (SSSR count). The topological polar surface area (TPSA) is 72.8 Å². The lowest BCUT2D eigenvalue weighted by atomic mass is 9.83. The molecule has 5 nitrogen and oxygen atoms in total. The number of phenolic OH excluding ortho intramolecular Hbond substituents is 1. The number of phenols is 1. The first-order valence-corrected chi connectivity index (χ1v) is 8.09. The number of rotatable bonds is 2. The summed E-state index contributed by atoms with van der Waals surface area (Å²) in [7, 11) is 0. The normalized spacial score (nSPS) is 29.0. The number of nitrogens with one attached hydrogen (secondary N) is 1. The molecule has 2 fully saturated rings. The number of aliphatic hydroxyl groups excluding tert-OH is 1. The summed E-state index contributed by atoms with van der Waals surface area (Å²) in [5.41, 5.74) is 0.630. The third-order valence-electron chi connectivity index (χ3n) is 4.56. The Kier molecular flexibility index (Phi) is 4.50. The van der Waals surface area contributed by atoms with Gasteiger partial charge in [0, 0.05) is 12.1 Å². The van der Waals surface area contributed by atoms with Crippen LogP contribution in [0.3, 0.4) is 0 Å². The van der Waals surface area contributed by atoms with Gasteiger partial charge in [-0.3, -0.25) is 9.69 Å². The molecule has 0 radical (unpaired) electrons. The summed E-state index contributed by atoms with van der Waals surface area (Å²) in [5, 5.41) is 22.9.